The van der Waals surface area contributed by atoms with Gasteiger partial charge in [0.25, 0.3) is 0 Å². The van der Waals surface area contributed by atoms with Crippen molar-refractivity contribution in [2.75, 3.05) is 0 Å². The van der Waals surface area contributed by atoms with Gasteiger partial charge in [0.05, 0.1) is 47.1 Å². The minimum absolute atomic E-state index is 0.00434. The number of fused-ring (bicyclic) bond motifs is 18. The maximum absolute atomic E-state index is 8.87. The first-order valence-corrected chi connectivity index (χ1v) is 55.7. The maximum atomic E-state index is 8.87. The van der Waals surface area contributed by atoms with Crippen molar-refractivity contribution >= 4 is 170 Å². The normalized spacial score (nSPS) is 13.9. The van der Waals surface area contributed by atoms with Crippen LogP contribution in [0.25, 0.3) is 191 Å². The first-order valence-electron chi connectivity index (χ1n) is 57.4. The zero-order valence-corrected chi connectivity index (χ0v) is 95.4. The third kappa shape index (κ3) is 19.2. The van der Waals surface area contributed by atoms with Gasteiger partial charge in [-0.15, -0.1) is 45.3 Å². The third-order valence-corrected chi connectivity index (χ3v) is 34.1. The lowest BCUT2D eigenvalue weighted by atomic mass is 9.77. The van der Waals surface area contributed by atoms with Crippen molar-refractivity contribution in [1.82, 2.24) is 9.13 Å². The van der Waals surface area contributed by atoms with Gasteiger partial charge in [0.2, 0.25) is 0 Å². The number of hydrogen-bond acceptors (Lipinski definition) is 4. The zero-order chi connectivity index (χ0) is 114. The summed E-state index contributed by atoms with van der Waals surface area (Å²) < 4.78 is 99.6. The summed E-state index contributed by atoms with van der Waals surface area (Å²) in [4.78, 5) is 0. The van der Waals surface area contributed by atoms with E-state index >= 15 is 0 Å². The molecule has 0 bridgehead atoms. The highest BCUT2D eigenvalue weighted by molar-refractivity contribution is 7.27. The minimum atomic E-state index is -0.380. The van der Waals surface area contributed by atoms with Crippen LogP contribution in [0.1, 0.15) is 277 Å². The van der Waals surface area contributed by atoms with E-state index in [1.165, 1.54) is 140 Å². The van der Waals surface area contributed by atoms with Crippen molar-refractivity contribution < 1.29 is 13.7 Å². The van der Waals surface area contributed by atoms with E-state index in [4.69, 9.17) is 13.7 Å². The van der Waals surface area contributed by atoms with Crippen molar-refractivity contribution in [3.63, 3.8) is 0 Å². The predicted molar refractivity (Wildman–Crippen MR) is 660 cm³/mol. The second-order valence-electron chi connectivity index (χ2n) is 51.0. The van der Waals surface area contributed by atoms with Gasteiger partial charge in [0.15, 0.2) is 0 Å². The number of para-hydroxylation sites is 2. The molecule has 6 heteroatoms. The van der Waals surface area contributed by atoms with Gasteiger partial charge in [-0.25, -0.2) is 0 Å². The van der Waals surface area contributed by atoms with E-state index in [2.05, 4.69) is 472 Å². The van der Waals surface area contributed by atoms with Crippen molar-refractivity contribution in [3.8, 4) is 67.0 Å². The van der Waals surface area contributed by atoms with Gasteiger partial charge in [0.1, 0.15) is 0 Å². The monoisotopic (exact) mass is 2020 g/mol. The Morgan fingerprint density at radius 1 is 0.182 bits per heavy atom. The fourth-order valence-corrected chi connectivity index (χ4v) is 26.7. The van der Waals surface area contributed by atoms with Crippen LogP contribution in [0, 0.1) is 0 Å². The molecule has 6 aromatic heterocycles. The third-order valence-electron chi connectivity index (χ3n) is 29.7. The molecule has 148 heavy (non-hydrogen) atoms. The lowest BCUT2D eigenvalue weighted by molar-refractivity contribution is 0.568. The molecule has 0 aliphatic carbocycles. The molecule has 0 aliphatic rings. The minimum Gasteiger partial charge on any atom is -0.309 e. The Hall–Kier alpha value is -12.8. The van der Waals surface area contributed by atoms with Gasteiger partial charge >= 0.3 is 0 Å². The first kappa shape index (κ1) is 90.3. The average Bonchev–Trinajstić information content (AvgIpc) is 1.54. The van der Waals surface area contributed by atoms with Gasteiger partial charge in [-0.1, -0.05) is 450 Å². The lowest BCUT2D eigenvalue weighted by Crippen LogP contribution is -2.16. The Morgan fingerprint density at radius 2 is 0.473 bits per heavy atom. The van der Waals surface area contributed by atoms with E-state index in [1.807, 2.05) is 46.9 Å². The number of aromatic nitrogens is 2. The Morgan fingerprint density at radius 3 is 0.811 bits per heavy atom. The van der Waals surface area contributed by atoms with Crippen LogP contribution in [0.2, 0.25) is 0 Å². The fourth-order valence-electron chi connectivity index (χ4n) is 22.1. The predicted octanol–water partition coefficient (Wildman–Crippen LogP) is 43.7. The summed E-state index contributed by atoms with van der Waals surface area (Å²) in [6, 6.07) is 99.2. The fraction of sp³-hybridized carbons (Fsp3) is 0.282. The molecule has 748 valence electrons. The van der Waals surface area contributed by atoms with Crippen molar-refractivity contribution in [2.45, 2.75) is 262 Å². The summed E-state index contributed by atoms with van der Waals surface area (Å²) in [6.07, 6.45) is 0. The Balaban J connectivity index is 0.000000128. The molecule has 0 aliphatic heterocycles. The summed E-state index contributed by atoms with van der Waals surface area (Å²) in [7, 11) is 0. The summed E-state index contributed by atoms with van der Waals surface area (Å²) in [5.41, 5.74) is 29.8. The molecule has 23 aromatic rings. The van der Waals surface area contributed by atoms with Crippen LogP contribution in [0.15, 0.2) is 339 Å². The number of benzene rings is 17. The van der Waals surface area contributed by atoms with Crippen molar-refractivity contribution in [3.05, 3.63) is 395 Å². The second-order valence-corrected chi connectivity index (χ2v) is 55.3. The van der Waals surface area contributed by atoms with Crippen LogP contribution >= 0.6 is 45.3 Å². The summed E-state index contributed by atoms with van der Waals surface area (Å²) in [5, 5.41) is 14.5. The molecule has 0 unspecified atom stereocenters. The Labute approximate surface area is 909 Å². The number of rotatable bonds is 7. The smallest absolute Gasteiger partial charge is 0.0629 e. The second kappa shape index (κ2) is 37.7. The van der Waals surface area contributed by atoms with Gasteiger partial charge in [0, 0.05) is 102 Å². The molecular weight excluding hydrogens is 1860 g/mol. The first-order chi connectivity index (χ1) is 73.9. The highest BCUT2D eigenvalue weighted by Crippen LogP contribution is 2.55. The molecule has 23 rings (SSSR count). The van der Waals surface area contributed by atoms with Crippen LogP contribution in [-0.2, 0) is 54.1 Å². The van der Waals surface area contributed by atoms with E-state index < -0.39 is 0 Å². The maximum Gasteiger partial charge on any atom is 0.0629 e. The molecule has 0 atom stereocenters. The zero-order valence-electron chi connectivity index (χ0n) is 102. The molecular formula is C142H146N2S4. The van der Waals surface area contributed by atoms with Crippen molar-refractivity contribution in [2.24, 2.45) is 0 Å². The van der Waals surface area contributed by atoms with Gasteiger partial charge < -0.3 is 9.13 Å². The number of hydrogen-bond donors (Lipinski definition) is 0. The van der Waals surface area contributed by atoms with Gasteiger partial charge in [-0.05, 0) is 262 Å². The summed E-state index contributed by atoms with van der Waals surface area (Å²) in [6.45, 7) is 68.8. The molecule has 0 spiro atoms. The molecule has 0 fully saturated rings. The highest BCUT2D eigenvalue weighted by atomic mass is 32.1. The van der Waals surface area contributed by atoms with Gasteiger partial charge in [-0.2, -0.15) is 0 Å². The number of thiophene rings is 4. The van der Waals surface area contributed by atoms with E-state index in [-0.39, 0.29) is 126 Å². The number of nitrogens with zero attached hydrogens (tertiary/aromatic N) is 2. The van der Waals surface area contributed by atoms with Gasteiger partial charge in [-0.3, -0.25) is 0 Å². The molecule has 0 saturated carbocycles. The van der Waals surface area contributed by atoms with Crippen LogP contribution in [0.4, 0.5) is 0 Å². The Kier molecular flexibility index (Phi) is 23.0. The van der Waals surface area contributed by atoms with Crippen LogP contribution in [0.5, 0.6) is 0 Å². The summed E-state index contributed by atoms with van der Waals surface area (Å²) in [5.74, 6) is 0. The molecule has 17 aromatic carbocycles. The van der Waals surface area contributed by atoms with E-state index in [0.717, 1.165) is 84.9 Å². The topological polar surface area (TPSA) is 9.86 Å². The van der Waals surface area contributed by atoms with E-state index in [1.54, 1.807) is 22.7 Å². The van der Waals surface area contributed by atoms with Crippen LogP contribution in [0.3, 0.4) is 0 Å². The molecule has 6 heterocycles. The van der Waals surface area contributed by atoms with Crippen molar-refractivity contribution in [1.29, 1.82) is 0 Å². The average molecular weight is 2020 g/mol. The largest absolute Gasteiger partial charge is 0.309 e. The quantitative estimate of drug-likeness (QED) is 0.151. The molecule has 0 amide bonds. The van der Waals surface area contributed by atoms with E-state index in [0.29, 0.717) is 11.1 Å². The molecule has 0 radical (unpaired) electrons. The molecule has 0 N–H and O–H groups in total. The van der Waals surface area contributed by atoms with Crippen LogP contribution < -0.4 is 0 Å². The van der Waals surface area contributed by atoms with E-state index in [9.17, 15) is 0 Å². The lowest BCUT2D eigenvalue weighted by Gasteiger charge is -2.27. The highest BCUT2D eigenvalue weighted by Gasteiger charge is 2.35. The standard InChI is InChI=1S/C42H43NS.C36H40S.C34H27NS.C30H36S/c1-40(2,3)27-18-20-32-30(24-27)31-25-28(41(4,5)6)19-21-33(31)43(32)34-22-23-36-38(39(34)42(7,8)9)37-29(16-13-17-35(37)44-36)26-14-11-10-12-15-26;1-34(2,3)25-20-24(21-26(22-25)35(4,5)6)27-16-13-17-29-31(27)32-30(37-29)19-18-28(33(32)36(7,8)9)23-14-11-10-12-15-23;1-34(2,3)33-28(35-26-17-9-7-14-24(26)25-15-8-10-18-27(25)35)20-21-30-32(33)31-23(16-11-19-29(31)36-30)22-12-5-4-6-13-22;1-28(2,3)20-16-19(17-21(18-20)29(4,5)6)22-12-10-14-24-26(22)27-23(30(7,8)9)13-11-15-25(27)31-24/h10-25H,1-9H3;10-22H,1-9H3;4-21H,1-3H3;10-18H,1-9H3/i10D,11D,12D,14D,15D;;4D,5D,6D,12D,13D;. The molecule has 0 saturated heterocycles. The van der Waals surface area contributed by atoms with Crippen LogP contribution in [-0.4, -0.2) is 9.13 Å². The summed E-state index contributed by atoms with van der Waals surface area (Å²) >= 11 is 7.20. The SMILES string of the molecule is CC(C)(C)c1cc(-c2cccc3sc4ccc(-c5ccccc5)c(C(C)(C)C)c4c23)cc(C(C)(C)C)c1.CC(C)(C)c1cc(-c2cccc3sc4cccc(C(C)(C)C)c4c23)cc(C(C)(C)C)c1.[2H]c1c([2H])c([2H])c(-c2cccc3sc4ccc(-n5c6ccc(C(C)(C)C)cc6c6cc(C(C)(C)C)ccc65)c(C(C)(C)C)c4c23)c([2H])c1[2H].[2H]c1c([2H])c([2H])c(-c2cccc3sc4ccc(-n5c6ccccc6c6ccccc65)c(C(C)(C)C)c4c23)c([2H])c1[2H]. The Bertz CT molecular complexity index is 9510. The molecule has 2 nitrogen and oxygen atoms in total.